The summed E-state index contributed by atoms with van der Waals surface area (Å²) in [6.07, 6.45) is 2.44. The molecule has 0 amide bonds. The quantitative estimate of drug-likeness (QED) is 0.588. The van der Waals surface area contributed by atoms with Crippen LogP contribution < -0.4 is 5.32 Å². The van der Waals surface area contributed by atoms with Crippen molar-refractivity contribution in [2.24, 2.45) is 0 Å². The minimum absolute atomic E-state index is 0.0399. The molecule has 1 fully saturated rings. The fraction of sp³-hybridized carbons (Fsp3) is 0.625. The van der Waals surface area contributed by atoms with E-state index in [0.29, 0.717) is 26.4 Å². The lowest BCUT2D eigenvalue weighted by Gasteiger charge is -2.12. The van der Waals surface area contributed by atoms with Crippen molar-refractivity contribution in [1.29, 1.82) is 0 Å². The van der Waals surface area contributed by atoms with Crippen LogP contribution in [0.4, 0.5) is 0 Å². The first-order valence-electron chi connectivity index (χ1n) is 4.10. The fourth-order valence-electron chi connectivity index (χ4n) is 0.969. The fourth-order valence-corrected chi connectivity index (χ4v) is 0.969. The van der Waals surface area contributed by atoms with E-state index in [2.05, 4.69) is 5.32 Å². The Labute approximate surface area is 76.3 Å². The van der Waals surface area contributed by atoms with E-state index in [1.54, 1.807) is 0 Å². The minimum atomic E-state index is -0.969. The maximum absolute atomic E-state index is 10.1. The summed E-state index contributed by atoms with van der Waals surface area (Å²) in [5.41, 5.74) is 0. The third-order valence-electron chi connectivity index (χ3n) is 1.57. The number of carboxylic acids is 1. The molecule has 1 rings (SSSR count). The molecule has 74 valence electrons. The van der Waals surface area contributed by atoms with Crippen LogP contribution >= 0.6 is 0 Å². The molecule has 1 heterocycles. The van der Waals surface area contributed by atoms with Gasteiger partial charge in [-0.15, -0.1) is 0 Å². The van der Waals surface area contributed by atoms with Gasteiger partial charge in [0.25, 0.3) is 0 Å². The van der Waals surface area contributed by atoms with Crippen LogP contribution in [0.25, 0.3) is 0 Å². The van der Waals surface area contributed by atoms with Gasteiger partial charge in [0.1, 0.15) is 0 Å². The molecule has 1 aliphatic heterocycles. The van der Waals surface area contributed by atoms with Crippen LogP contribution in [0.1, 0.15) is 0 Å². The number of ether oxygens (including phenoxy) is 2. The molecule has 5 heteroatoms. The van der Waals surface area contributed by atoms with E-state index in [0.717, 1.165) is 6.08 Å². The molecule has 0 atom stereocenters. The van der Waals surface area contributed by atoms with Gasteiger partial charge in [-0.05, 0) is 0 Å². The van der Waals surface area contributed by atoms with E-state index in [9.17, 15) is 4.79 Å². The highest BCUT2D eigenvalue weighted by Crippen LogP contribution is 1.94. The lowest BCUT2D eigenvalue weighted by molar-refractivity contribution is -0.131. The molecule has 1 saturated heterocycles. The summed E-state index contributed by atoms with van der Waals surface area (Å²) in [6.45, 7) is 2.29. The molecule has 0 aliphatic carbocycles. The molecule has 0 aromatic heterocycles. The molecular weight excluding hydrogens is 174 g/mol. The maximum atomic E-state index is 10.1. The van der Waals surface area contributed by atoms with Gasteiger partial charge < -0.3 is 19.9 Å². The summed E-state index contributed by atoms with van der Waals surface area (Å²) in [4.78, 5) is 10.1. The van der Waals surface area contributed by atoms with Gasteiger partial charge in [0.15, 0.2) is 0 Å². The van der Waals surface area contributed by atoms with Gasteiger partial charge >= 0.3 is 5.97 Å². The first kappa shape index (κ1) is 10.0. The van der Waals surface area contributed by atoms with Gasteiger partial charge in [0.2, 0.25) is 0 Å². The number of hydrogen-bond donors (Lipinski definition) is 2. The monoisotopic (exact) mass is 187 g/mol. The van der Waals surface area contributed by atoms with Crippen molar-refractivity contribution >= 4 is 5.97 Å². The van der Waals surface area contributed by atoms with Gasteiger partial charge in [0, 0.05) is 12.3 Å². The lowest BCUT2D eigenvalue weighted by atomic mass is 10.3. The third-order valence-corrected chi connectivity index (χ3v) is 1.57. The van der Waals surface area contributed by atoms with Crippen LogP contribution in [0.3, 0.4) is 0 Å². The number of aliphatic carboxylic acids is 1. The van der Waals surface area contributed by atoms with E-state index in [1.807, 2.05) is 0 Å². The summed E-state index contributed by atoms with van der Waals surface area (Å²) in [7, 11) is 0. The number of nitrogens with one attached hydrogen (secondary N) is 1. The first-order valence-corrected chi connectivity index (χ1v) is 4.10. The van der Waals surface area contributed by atoms with Crippen LogP contribution in [-0.4, -0.2) is 43.5 Å². The normalized spacial score (nSPS) is 20.0. The Balaban J connectivity index is 2.22. The highest BCUT2D eigenvalue weighted by atomic mass is 16.5. The van der Waals surface area contributed by atoms with E-state index in [1.165, 1.54) is 6.20 Å². The van der Waals surface area contributed by atoms with Crippen molar-refractivity contribution < 1.29 is 19.4 Å². The van der Waals surface area contributed by atoms with Crippen LogP contribution in [0.5, 0.6) is 0 Å². The van der Waals surface area contributed by atoms with Crippen molar-refractivity contribution in [1.82, 2.24) is 5.32 Å². The van der Waals surface area contributed by atoms with Crippen LogP contribution in [0.2, 0.25) is 0 Å². The molecule has 0 aromatic carbocycles. The van der Waals surface area contributed by atoms with E-state index in [4.69, 9.17) is 14.6 Å². The van der Waals surface area contributed by atoms with Gasteiger partial charge in [-0.2, -0.15) is 0 Å². The molecule has 0 saturated carbocycles. The third kappa shape index (κ3) is 4.49. The lowest BCUT2D eigenvalue weighted by Crippen LogP contribution is -2.32. The second kappa shape index (κ2) is 5.55. The zero-order valence-electron chi connectivity index (χ0n) is 7.23. The van der Waals surface area contributed by atoms with Gasteiger partial charge in [-0.3, -0.25) is 0 Å². The maximum Gasteiger partial charge on any atom is 0.329 e. The predicted octanol–water partition coefficient (Wildman–Crippen LogP) is -0.410. The molecule has 0 aromatic rings. The zero-order valence-corrected chi connectivity index (χ0v) is 7.23. The van der Waals surface area contributed by atoms with Crippen molar-refractivity contribution in [2.45, 2.75) is 6.04 Å². The molecule has 1 aliphatic rings. The van der Waals surface area contributed by atoms with Crippen LogP contribution in [0.15, 0.2) is 12.3 Å². The summed E-state index contributed by atoms with van der Waals surface area (Å²) < 4.78 is 10.4. The highest BCUT2D eigenvalue weighted by molar-refractivity contribution is 5.79. The highest BCUT2D eigenvalue weighted by Gasteiger charge is 2.10. The van der Waals surface area contributed by atoms with Crippen molar-refractivity contribution in [3.8, 4) is 0 Å². The SMILES string of the molecule is O=C(O)/C=C/NC1COCCOC1. The standard InChI is InChI=1S/C8H13NO4/c10-8(11)1-2-9-7-5-12-3-4-13-6-7/h1-2,7,9H,3-6H2,(H,10,11)/b2-1+. The molecular formula is C8H13NO4. The Morgan fingerprint density at radius 1 is 1.38 bits per heavy atom. The Morgan fingerprint density at radius 3 is 2.54 bits per heavy atom. The van der Waals surface area contributed by atoms with Crippen LogP contribution in [-0.2, 0) is 14.3 Å². The average Bonchev–Trinajstić information content (AvgIpc) is 2.32. The zero-order chi connectivity index (χ0) is 9.52. The average molecular weight is 187 g/mol. The van der Waals surface area contributed by atoms with Gasteiger partial charge in [0.05, 0.1) is 32.5 Å². The van der Waals surface area contributed by atoms with Crippen molar-refractivity contribution in [3.05, 3.63) is 12.3 Å². The Kier molecular flexibility index (Phi) is 4.28. The summed E-state index contributed by atoms with van der Waals surface area (Å²) in [6, 6.07) is 0.0399. The van der Waals surface area contributed by atoms with Gasteiger partial charge in [-0.25, -0.2) is 4.79 Å². The second-order valence-electron chi connectivity index (χ2n) is 2.68. The second-order valence-corrected chi connectivity index (χ2v) is 2.68. The van der Waals surface area contributed by atoms with E-state index >= 15 is 0 Å². The summed E-state index contributed by atoms with van der Waals surface area (Å²) in [5, 5.41) is 11.2. The molecule has 5 nitrogen and oxygen atoms in total. The Morgan fingerprint density at radius 2 is 2.00 bits per heavy atom. The molecule has 0 unspecified atom stereocenters. The summed E-state index contributed by atoms with van der Waals surface area (Å²) in [5.74, 6) is -0.969. The molecule has 0 spiro atoms. The number of carbonyl (C=O) groups is 1. The number of hydrogen-bond acceptors (Lipinski definition) is 4. The van der Waals surface area contributed by atoms with Crippen molar-refractivity contribution in [2.75, 3.05) is 26.4 Å². The molecule has 0 bridgehead atoms. The largest absolute Gasteiger partial charge is 0.478 e. The van der Waals surface area contributed by atoms with E-state index < -0.39 is 5.97 Å². The Hall–Kier alpha value is -1.07. The van der Waals surface area contributed by atoms with Gasteiger partial charge in [-0.1, -0.05) is 0 Å². The molecule has 0 radical (unpaired) electrons. The number of carboxylic acid groups (broad SMARTS) is 1. The smallest absolute Gasteiger partial charge is 0.329 e. The Bertz CT molecular complexity index is 185. The minimum Gasteiger partial charge on any atom is -0.478 e. The van der Waals surface area contributed by atoms with Crippen molar-refractivity contribution in [3.63, 3.8) is 0 Å². The summed E-state index contributed by atoms with van der Waals surface area (Å²) >= 11 is 0. The van der Waals surface area contributed by atoms with Crippen LogP contribution in [0, 0.1) is 0 Å². The molecule has 2 N–H and O–H groups in total. The predicted molar refractivity (Wildman–Crippen MR) is 45.3 cm³/mol. The first-order chi connectivity index (χ1) is 6.29. The number of rotatable bonds is 3. The van der Waals surface area contributed by atoms with E-state index in [-0.39, 0.29) is 6.04 Å². The molecule has 13 heavy (non-hydrogen) atoms. The topological polar surface area (TPSA) is 67.8 Å².